The zero-order valence-corrected chi connectivity index (χ0v) is 19.2. The van der Waals surface area contributed by atoms with Gasteiger partial charge in [0, 0.05) is 16.9 Å². The van der Waals surface area contributed by atoms with Gasteiger partial charge >= 0.3 is 0 Å². The lowest BCUT2D eigenvalue weighted by Crippen LogP contribution is -2.17. The first kappa shape index (κ1) is 23.0. The first-order valence-corrected chi connectivity index (χ1v) is 11.1. The van der Waals surface area contributed by atoms with Crippen molar-refractivity contribution in [3.8, 4) is 6.07 Å². The molecule has 0 amide bonds. The summed E-state index contributed by atoms with van der Waals surface area (Å²) in [6.07, 6.45) is 1.25. The molecule has 0 unspecified atom stereocenters. The summed E-state index contributed by atoms with van der Waals surface area (Å²) < 4.78 is 25.5. The molecule has 4 nitrogen and oxygen atoms in total. The number of hydrogen-bond acceptors (Lipinski definition) is 4. The minimum Gasteiger partial charge on any atom is -0.360 e. The van der Waals surface area contributed by atoms with Crippen LogP contribution in [0.15, 0.2) is 58.5 Å². The number of allylic oxidation sites excluding steroid dienone is 1. The third-order valence-corrected chi connectivity index (χ3v) is 6.49. The van der Waals surface area contributed by atoms with E-state index in [1.165, 1.54) is 30.5 Å². The Hall–Kier alpha value is -2.29. The third-order valence-electron chi connectivity index (χ3n) is 4.56. The third kappa shape index (κ3) is 5.62. The van der Waals surface area contributed by atoms with Crippen LogP contribution in [0.5, 0.6) is 0 Å². The number of sulfone groups is 1. The first-order valence-electron chi connectivity index (χ1n) is 9.28. The van der Waals surface area contributed by atoms with Crippen molar-refractivity contribution in [3.63, 3.8) is 0 Å². The highest BCUT2D eigenvalue weighted by atomic mass is 35.5. The van der Waals surface area contributed by atoms with Crippen LogP contribution in [0.3, 0.4) is 0 Å². The molecule has 0 aromatic heterocycles. The van der Waals surface area contributed by atoms with Gasteiger partial charge in [0.2, 0.25) is 9.84 Å². The van der Waals surface area contributed by atoms with Crippen LogP contribution in [-0.2, 0) is 20.7 Å². The molecule has 0 spiro atoms. The van der Waals surface area contributed by atoms with Crippen LogP contribution in [-0.4, -0.2) is 8.42 Å². The summed E-state index contributed by atoms with van der Waals surface area (Å²) in [5, 5.41) is 12.9. The molecule has 0 bridgehead atoms. The molecule has 0 aliphatic rings. The number of nitrogens with one attached hydrogen (secondary N) is 1. The second-order valence-corrected chi connectivity index (χ2v) is 11.4. The molecule has 0 saturated heterocycles. The van der Waals surface area contributed by atoms with Crippen molar-refractivity contribution in [2.75, 3.05) is 5.32 Å². The number of anilines is 1. The predicted molar refractivity (Wildman–Crippen MR) is 120 cm³/mol. The second-order valence-electron chi connectivity index (χ2n) is 9.02. The van der Waals surface area contributed by atoms with Gasteiger partial charge in [-0.05, 0) is 58.4 Å². The molecule has 0 aliphatic carbocycles. The number of benzene rings is 2. The Kier molecular flexibility index (Phi) is 6.51. The van der Waals surface area contributed by atoms with E-state index in [2.05, 4.69) is 52.9 Å². The number of nitriles is 1. The van der Waals surface area contributed by atoms with Crippen molar-refractivity contribution >= 4 is 27.1 Å². The van der Waals surface area contributed by atoms with Crippen LogP contribution in [0.1, 0.15) is 52.7 Å². The molecular formula is C23H27ClN2O2S. The highest BCUT2D eigenvalue weighted by molar-refractivity contribution is 7.95. The normalized spacial score (nSPS) is 13.1. The van der Waals surface area contributed by atoms with Gasteiger partial charge in [0.25, 0.3) is 0 Å². The van der Waals surface area contributed by atoms with Crippen LogP contribution in [0.2, 0.25) is 5.02 Å². The van der Waals surface area contributed by atoms with Crippen molar-refractivity contribution in [2.24, 2.45) is 0 Å². The molecule has 2 aromatic rings. The summed E-state index contributed by atoms with van der Waals surface area (Å²) in [6.45, 7) is 12.8. The first-order chi connectivity index (χ1) is 13.2. The molecule has 2 aromatic carbocycles. The summed E-state index contributed by atoms with van der Waals surface area (Å²) >= 11 is 5.83. The monoisotopic (exact) mass is 430 g/mol. The van der Waals surface area contributed by atoms with Gasteiger partial charge in [-0.25, -0.2) is 8.42 Å². The zero-order chi connectivity index (χ0) is 22.0. The summed E-state index contributed by atoms with van der Waals surface area (Å²) in [5.41, 5.74) is 2.84. The Labute approximate surface area is 179 Å². The Balaban J connectivity index is 2.47. The Bertz CT molecular complexity index is 1030. The smallest absolute Gasteiger partial charge is 0.218 e. The average molecular weight is 431 g/mol. The maximum Gasteiger partial charge on any atom is 0.218 e. The van der Waals surface area contributed by atoms with E-state index in [0.717, 1.165) is 16.8 Å². The molecular weight excluding hydrogens is 404 g/mol. The maximum absolute atomic E-state index is 12.8. The van der Waals surface area contributed by atoms with Gasteiger partial charge in [-0.2, -0.15) is 5.26 Å². The van der Waals surface area contributed by atoms with Crippen LogP contribution in [0, 0.1) is 11.3 Å². The standard InChI is InChI=1S/C23H27ClN2O2S/c1-22(2,3)16-11-17(23(4,5)6)13-19(12-16)26-15-21(14-25)29(27,28)20-9-7-18(24)8-10-20/h7-13,15,26H,1-6H3/b21-15+. The van der Waals surface area contributed by atoms with Crippen LogP contribution in [0.4, 0.5) is 5.69 Å². The molecule has 0 fully saturated rings. The van der Waals surface area contributed by atoms with Gasteiger partial charge < -0.3 is 5.32 Å². The van der Waals surface area contributed by atoms with Gasteiger partial charge in [0.1, 0.15) is 6.07 Å². The number of halogens is 1. The van der Waals surface area contributed by atoms with E-state index in [9.17, 15) is 13.7 Å². The van der Waals surface area contributed by atoms with E-state index in [1.54, 1.807) is 6.07 Å². The van der Waals surface area contributed by atoms with Gasteiger partial charge in [-0.15, -0.1) is 0 Å². The van der Waals surface area contributed by atoms with E-state index in [0.29, 0.717) is 5.02 Å². The van der Waals surface area contributed by atoms with Gasteiger partial charge in [0.15, 0.2) is 4.91 Å². The molecule has 0 aliphatic heterocycles. The molecule has 1 N–H and O–H groups in total. The minimum absolute atomic E-state index is 0.0234. The van der Waals surface area contributed by atoms with E-state index < -0.39 is 9.84 Å². The lowest BCUT2D eigenvalue weighted by atomic mass is 9.80. The van der Waals surface area contributed by atoms with Crippen molar-refractivity contribution < 1.29 is 8.42 Å². The fourth-order valence-electron chi connectivity index (χ4n) is 2.64. The molecule has 0 heterocycles. The maximum atomic E-state index is 12.8. The summed E-state index contributed by atoms with van der Waals surface area (Å²) in [4.78, 5) is -0.339. The fourth-order valence-corrected chi connectivity index (χ4v) is 3.85. The lowest BCUT2D eigenvalue weighted by Gasteiger charge is -2.26. The Morgan fingerprint density at radius 2 is 1.45 bits per heavy atom. The quantitative estimate of drug-likeness (QED) is 0.587. The highest BCUT2D eigenvalue weighted by Crippen LogP contribution is 2.32. The molecule has 0 atom stereocenters. The molecule has 0 saturated carbocycles. The van der Waals surface area contributed by atoms with Crippen molar-refractivity contribution in [1.82, 2.24) is 0 Å². The number of rotatable bonds is 4. The lowest BCUT2D eigenvalue weighted by molar-refractivity contribution is 0.569. The van der Waals surface area contributed by atoms with Crippen molar-refractivity contribution in [1.29, 1.82) is 5.26 Å². The van der Waals surface area contributed by atoms with Crippen LogP contribution < -0.4 is 5.32 Å². The molecule has 29 heavy (non-hydrogen) atoms. The van der Waals surface area contributed by atoms with Crippen LogP contribution >= 0.6 is 11.6 Å². The molecule has 154 valence electrons. The van der Waals surface area contributed by atoms with E-state index >= 15 is 0 Å². The Morgan fingerprint density at radius 3 is 1.86 bits per heavy atom. The Morgan fingerprint density at radius 1 is 0.966 bits per heavy atom. The van der Waals surface area contributed by atoms with E-state index in [1.807, 2.05) is 12.1 Å². The average Bonchev–Trinajstić information content (AvgIpc) is 2.60. The van der Waals surface area contributed by atoms with Crippen LogP contribution in [0.25, 0.3) is 0 Å². The van der Waals surface area contributed by atoms with E-state index in [4.69, 9.17) is 11.6 Å². The fraction of sp³-hybridized carbons (Fsp3) is 0.348. The SMILES string of the molecule is CC(C)(C)c1cc(N/C=C(\C#N)S(=O)(=O)c2ccc(Cl)cc2)cc(C(C)(C)C)c1. The molecule has 0 radical (unpaired) electrons. The molecule has 6 heteroatoms. The van der Waals surface area contributed by atoms with Gasteiger partial charge in [-0.1, -0.05) is 59.2 Å². The van der Waals surface area contributed by atoms with Gasteiger partial charge in [0.05, 0.1) is 4.90 Å². The number of nitrogens with zero attached hydrogens (tertiary/aromatic N) is 1. The topological polar surface area (TPSA) is 70.0 Å². The zero-order valence-electron chi connectivity index (χ0n) is 17.7. The number of hydrogen-bond donors (Lipinski definition) is 1. The highest BCUT2D eigenvalue weighted by Gasteiger charge is 2.22. The molecule has 2 rings (SSSR count). The predicted octanol–water partition coefficient (Wildman–Crippen LogP) is 6.19. The van der Waals surface area contributed by atoms with Gasteiger partial charge in [-0.3, -0.25) is 0 Å². The summed E-state index contributed by atoms with van der Waals surface area (Å²) in [5.74, 6) is 0. The van der Waals surface area contributed by atoms with Crippen molar-refractivity contribution in [2.45, 2.75) is 57.3 Å². The summed E-state index contributed by atoms with van der Waals surface area (Å²) in [7, 11) is -3.94. The van der Waals surface area contributed by atoms with E-state index in [-0.39, 0.29) is 20.6 Å². The largest absolute Gasteiger partial charge is 0.360 e. The second kappa shape index (κ2) is 8.22. The minimum atomic E-state index is -3.94. The summed E-state index contributed by atoms with van der Waals surface area (Å²) in [6, 6.07) is 13.7. The van der Waals surface area contributed by atoms with Crippen molar-refractivity contribution in [3.05, 3.63) is 69.7 Å².